The third kappa shape index (κ3) is 2.58. The lowest BCUT2D eigenvalue weighted by molar-refractivity contribution is 0.627. The third-order valence-corrected chi connectivity index (χ3v) is 2.28. The maximum absolute atomic E-state index is 5.96. The summed E-state index contributed by atoms with van der Waals surface area (Å²) in [6.07, 6.45) is 0. The second-order valence-electron chi connectivity index (χ2n) is 3.51. The molecule has 0 bridgehead atoms. The zero-order chi connectivity index (χ0) is 10.7. The number of hydrogen-bond donors (Lipinski definition) is 2. The van der Waals surface area contributed by atoms with Crippen molar-refractivity contribution in [2.45, 2.75) is 19.9 Å². The average Bonchev–Trinajstić information content (AvgIpc) is 2.02. The molecule has 0 heterocycles. The van der Waals surface area contributed by atoms with E-state index in [1.807, 2.05) is 32.0 Å². The highest BCUT2D eigenvalue weighted by atomic mass is 35.5. The van der Waals surface area contributed by atoms with Gasteiger partial charge in [0.15, 0.2) is 0 Å². The van der Waals surface area contributed by atoms with Crippen LogP contribution in [0.15, 0.2) is 30.4 Å². The van der Waals surface area contributed by atoms with Crippen molar-refractivity contribution in [1.82, 2.24) is 5.43 Å². The molecule has 1 unspecified atom stereocenters. The molecule has 14 heavy (non-hydrogen) atoms. The molecule has 0 fully saturated rings. The Hall–Kier alpha value is -0.830. The molecule has 1 rings (SSSR count). The van der Waals surface area contributed by atoms with Gasteiger partial charge in [-0.3, -0.25) is 5.84 Å². The first kappa shape index (κ1) is 11.2. The van der Waals surface area contributed by atoms with E-state index in [1.54, 1.807) is 0 Å². The van der Waals surface area contributed by atoms with E-state index in [-0.39, 0.29) is 6.04 Å². The second kappa shape index (κ2) is 4.60. The summed E-state index contributed by atoms with van der Waals surface area (Å²) >= 11 is 5.96. The maximum atomic E-state index is 5.96. The minimum atomic E-state index is -0.0348. The molecule has 0 aliphatic carbocycles. The Morgan fingerprint density at radius 2 is 2.14 bits per heavy atom. The van der Waals surface area contributed by atoms with Crippen LogP contribution in [0.1, 0.15) is 24.1 Å². The third-order valence-electron chi connectivity index (χ3n) is 2.06. The predicted molar refractivity (Wildman–Crippen MR) is 61.1 cm³/mol. The largest absolute Gasteiger partial charge is 0.271 e. The molecular formula is C11H15ClN2. The number of nitrogens with one attached hydrogen (secondary N) is 1. The van der Waals surface area contributed by atoms with E-state index in [2.05, 4.69) is 12.0 Å². The van der Waals surface area contributed by atoms with Gasteiger partial charge in [0.05, 0.1) is 6.04 Å². The minimum absolute atomic E-state index is 0.0348. The van der Waals surface area contributed by atoms with Crippen molar-refractivity contribution in [3.8, 4) is 0 Å². The van der Waals surface area contributed by atoms with Gasteiger partial charge in [0.25, 0.3) is 0 Å². The van der Waals surface area contributed by atoms with Crippen molar-refractivity contribution in [3.05, 3.63) is 46.5 Å². The molecule has 1 atom stereocenters. The number of halogens is 1. The van der Waals surface area contributed by atoms with Crippen molar-refractivity contribution in [3.63, 3.8) is 0 Å². The van der Waals surface area contributed by atoms with Gasteiger partial charge in [0.2, 0.25) is 0 Å². The average molecular weight is 211 g/mol. The maximum Gasteiger partial charge on any atom is 0.0665 e. The highest BCUT2D eigenvalue weighted by Gasteiger charge is 2.10. The number of rotatable bonds is 3. The summed E-state index contributed by atoms with van der Waals surface area (Å²) < 4.78 is 0. The number of aryl methyl sites for hydroxylation is 1. The van der Waals surface area contributed by atoms with Crippen molar-refractivity contribution in [2.75, 3.05) is 0 Å². The van der Waals surface area contributed by atoms with Crippen molar-refractivity contribution in [2.24, 2.45) is 5.84 Å². The van der Waals surface area contributed by atoms with Gasteiger partial charge in [-0.05, 0) is 37.1 Å². The van der Waals surface area contributed by atoms with Crippen LogP contribution < -0.4 is 11.3 Å². The molecule has 1 aromatic rings. The van der Waals surface area contributed by atoms with Crippen LogP contribution in [0.5, 0.6) is 0 Å². The van der Waals surface area contributed by atoms with Crippen LogP contribution in [0.2, 0.25) is 5.02 Å². The SMILES string of the molecule is C=C(C)C(NN)c1cc(C)cc(Cl)c1. The molecule has 0 saturated carbocycles. The van der Waals surface area contributed by atoms with Gasteiger partial charge >= 0.3 is 0 Å². The standard InChI is InChI=1S/C11H15ClN2/c1-7(2)11(14-13)9-4-8(3)5-10(12)6-9/h4-6,11,14H,1,13H2,2-3H3. The summed E-state index contributed by atoms with van der Waals surface area (Å²) in [5.74, 6) is 5.45. The lowest BCUT2D eigenvalue weighted by atomic mass is 10.00. The molecule has 0 saturated heterocycles. The van der Waals surface area contributed by atoms with Crippen molar-refractivity contribution >= 4 is 11.6 Å². The first-order valence-corrected chi connectivity index (χ1v) is 4.81. The monoisotopic (exact) mass is 210 g/mol. The van der Waals surface area contributed by atoms with Gasteiger partial charge in [-0.1, -0.05) is 29.8 Å². The highest BCUT2D eigenvalue weighted by Crippen LogP contribution is 2.23. The topological polar surface area (TPSA) is 38.0 Å². The van der Waals surface area contributed by atoms with Crippen LogP contribution >= 0.6 is 11.6 Å². The molecular weight excluding hydrogens is 196 g/mol. The Labute approximate surface area is 89.7 Å². The number of hydrogen-bond acceptors (Lipinski definition) is 2. The smallest absolute Gasteiger partial charge is 0.0665 e. The molecule has 0 amide bonds. The Morgan fingerprint density at radius 1 is 1.50 bits per heavy atom. The first-order chi connectivity index (χ1) is 6.54. The summed E-state index contributed by atoms with van der Waals surface area (Å²) in [6.45, 7) is 7.81. The molecule has 0 radical (unpaired) electrons. The summed E-state index contributed by atoms with van der Waals surface area (Å²) in [7, 11) is 0. The van der Waals surface area contributed by atoms with E-state index < -0.39 is 0 Å². The zero-order valence-electron chi connectivity index (χ0n) is 8.47. The molecule has 3 N–H and O–H groups in total. The Kier molecular flexibility index (Phi) is 3.69. The van der Waals surface area contributed by atoms with E-state index in [4.69, 9.17) is 17.4 Å². The van der Waals surface area contributed by atoms with E-state index in [0.717, 1.165) is 21.7 Å². The van der Waals surface area contributed by atoms with Crippen LogP contribution in [0, 0.1) is 6.92 Å². The Morgan fingerprint density at radius 3 is 2.57 bits per heavy atom. The first-order valence-electron chi connectivity index (χ1n) is 4.43. The van der Waals surface area contributed by atoms with Gasteiger partial charge in [0.1, 0.15) is 0 Å². The molecule has 0 aliphatic rings. The summed E-state index contributed by atoms with van der Waals surface area (Å²) in [5.41, 5.74) is 5.85. The van der Waals surface area contributed by atoms with Crippen LogP contribution in [-0.4, -0.2) is 0 Å². The van der Waals surface area contributed by atoms with Crippen LogP contribution in [0.3, 0.4) is 0 Å². The molecule has 0 aromatic heterocycles. The molecule has 2 nitrogen and oxygen atoms in total. The van der Waals surface area contributed by atoms with E-state index >= 15 is 0 Å². The lowest BCUT2D eigenvalue weighted by Gasteiger charge is -2.17. The van der Waals surface area contributed by atoms with Gasteiger partial charge in [-0.15, -0.1) is 0 Å². The normalized spacial score (nSPS) is 12.6. The van der Waals surface area contributed by atoms with Gasteiger partial charge in [-0.25, -0.2) is 5.43 Å². The summed E-state index contributed by atoms with van der Waals surface area (Å²) in [6, 6.07) is 5.82. The second-order valence-corrected chi connectivity index (χ2v) is 3.94. The fourth-order valence-corrected chi connectivity index (χ4v) is 1.75. The quantitative estimate of drug-likeness (QED) is 0.458. The number of hydrazine groups is 1. The van der Waals surface area contributed by atoms with E-state index in [0.29, 0.717) is 0 Å². The highest BCUT2D eigenvalue weighted by molar-refractivity contribution is 6.30. The molecule has 3 heteroatoms. The van der Waals surface area contributed by atoms with Crippen LogP contribution in [0.4, 0.5) is 0 Å². The van der Waals surface area contributed by atoms with Crippen molar-refractivity contribution in [1.29, 1.82) is 0 Å². The van der Waals surface area contributed by atoms with Crippen molar-refractivity contribution < 1.29 is 0 Å². The van der Waals surface area contributed by atoms with E-state index in [9.17, 15) is 0 Å². The number of benzene rings is 1. The van der Waals surface area contributed by atoms with Gasteiger partial charge < -0.3 is 0 Å². The fraction of sp³-hybridized carbons (Fsp3) is 0.273. The molecule has 0 spiro atoms. The number of nitrogens with two attached hydrogens (primary N) is 1. The van der Waals surface area contributed by atoms with E-state index in [1.165, 1.54) is 0 Å². The van der Waals surface area contributed by atoms with Crippen LogP contribution in [0.25, 0.3) is 0 Å². The summed E-state index contributed by atoms with van der Waals surface area (Å²) in [5, 5.41) is 0.724. The lowest BCUT2D eigenvalue weighted by Crippen LogP contribution is -2.28. The van der Waals surface area contributed by atoms with Gasteiger partial charge in [0, 0.05) is 5.02 Å². The molecule has 76 valence electrons. The molecule has 1 aromatic carbocycles. The van der Waals surface area contributed by atoms with Gasteiger partial charge in [-0.2, -0.15) is 0 Å². The Balaban J connectivity index is 3.10. The predicted octanol–water partition coefficient (Wildman–Crippen LogP) is 2.73. The summed E-state index contributed by atoms with van der Waals surface area (Å²) in [4.78, 5) is 0. The minimum Gasteiger partial charge on any atom is -0.271 e. The fourth-order valence-electron chi connectivity index (χ4n) is 1.45. The zero-order valence-corrected chi connectivity index (χ0v) is 9.23. The molecule has 0 aliphatic heterocycles. The van der Waals surface area contributed by atoms with Crippen LogP contribution in [-0.2, 0) is 0 Å². The Bertz CT molecular complexity index is 327.